The molecule has 1 heterocycles. The first kappa shape index (κ1) is 13.5. The Morgan fingerprint density at radius 2 is 2.26 bits per heavy atom. The monoisotopic (exact) mass is 262 g/mol. The fraction of sp³-hybridized carbons (Fsp3) is 0.429. The second-order valence-electron chi connectivity index (χ2n) is 4.70. The van der Waals surface area contributed by atoms with Crippen LogP contribution < -0.4 is 10.6 Å². The van der Waals surface area contributed by atoms with Gasteiger partial charge in [-0.1, -0.05) is 12.1 Å². The van der Waals surface area contributed by atoms with Crippen molar-refractivity contribution in [2.45, 2.75) is 25.3 Å². The van der Waals surface area contributed by atoms with Gasteiger partial charge in [0.25, 0.3) is 0 Å². The van der Waals surface area contributed by atoms with E-state index in [1.54, 1.807) is 18.2 Å². The smallest absolute Gasteiger partial charge is 0.335 e. The largest absolute Gasteiger partial charge is 0.478 e. The summed E-state index contributed by atoms with van der Waals surface area (Å²) in [7, 11) is 0. The maximum Gasteiger partial charge on any atom is 0.335 e. The van der Waals surface area contributed by atoms with Crippen molar-refractivity contribution in [3.8, 4) is 0 Å². The molecule has 0 unspecified atom stereocenters. The number of nitrogens with one attached hydrogen (secondary N) is 2. The van der Waals surface area contributed by atoms with Gasteiger partial charge in [-0.05, 0) is 43.5 Å². The lowest BCUT2D eigenvalue weighted by atomic mass is 10.1. The molecule has 0 aliphatic carbocycles. The minimum Gasteiger partial charge on any atom is -0.478 e. The van der Waals surface area contributed by atoms with Gasteiger partial charge < -0.3 is 15.7 Å². The summed E-state index contributed by atoms with van der Waals surface area (Å²) >= 11 is 0. The van der Waals surface area contributed by atoms with Gasteiger partial charge in [0.1, 0.15) is 0 Å². The first-order valence-electron chi connectivity index (χ1n) is 6.50. The highest BCUT2D eigenvalue weighted by Gasteiger charge is 2.21. The average molecular weight is 262 g/mol. The molecule has 0 spiro atoms. The van der Waals surface area contributed by atoms with Crippen LogP contribution in [0.1, 0.15) is 28.8 Å². The molecule has 1 aliphatic rings. The van der Waals surface area contributed by atoms with Crippen LogP contribution in [-0.2, 0) is 11.2 Å². The third-order valence-corrected chi connectivity index (χ3v) is 3.26. The second kappa shape index (κ2) is 6.33. The quantitative estimate of drug-likeness (QED) is 0.733. The van der Waals surface area contributed by atoms with Crippen molar-refractivity contribution >= 4 is 11.9 Å². The van der Waals surface area contributed by atoms with Crippen LogP contribution in [0, 0.1) is 0 Å². The Bertz CT molecular complexity index is 468. The van der Waals surface area contributed by atoms with Crippen molar-refractivity contribution in [3.63, 3.8) is 0 Å². The third-order valence-electron chi connectivity index (χ3n) is 3.26. The van der Waals surface area contributed by atoms with Crippen molar-refractivity contribution in [3.05, 3.63) is 35.4 Å². The van der Waals surface area contributed by atoms with Crippen molar-refractivity contribution in [2.75, 3.05) is 13.1 Å². The number of carbonyl (C=O) groups excluding carboxylic acids is 1. The van der Waals surface area contributed by atoms with Crippen LogP contribution in [0.25, 0.3) is 0 Å². The summed E-state index contributed by atoms with van der Waals surface area (Å²) in [6.45, 7) is 1.43. The summed E-state index contributed by atoms with van der Waals surface area (Å²) in [6.07, 6.45) is 2.57. The number of carboxylic acids is 1. The summed E-state index contributed by atoms with van der Waals surface area (Å²) in [5, 5.41) is 14.9. The Labute approximate surface area is 112 Å². The second-order valence-corrected chi connectivity index (χ2v) is 4.70. The van der Waals surface area contributed by atoms with Crippen LogP contribution in [0.5, 0.6) is 0 Å². The summed E-state index contributed by atoms with van der Waals surface area (Å²) in [5.74, 6) is -0.895. The molecule has 0 aromatic heterocycles. The topological polar surface area (TPSA) is 78.4 Å². The van der Waals surface area contributed by atoms with E-state index in [1.807, 2.05) is 6.07 Å². The van der Waals surface area contributed by atoms with Gasteiger partial charge in [0, 0.05) is 6.54 Å². The van der Waals surface area contributed by atoms with E-state index in [0.29, 0.717) is 13.0 Å². The number of carboxylic acid groups (broad SMARTS) is 1. The van der Waals surface area contributed by atoms with Gasteiger partial charge in [-0.3, -0.25) is 4.79 Å². The van der Waals surface area contributed by atoms with Crippen molar-refractivity contribution in [1.82, 2.24) is 10.6 Å². The molecule has 1 aromatic carbocycles. The molecule has 1 saturated heterocycles. The molecule has 19 heavy (non-hydrogen) atoms. The zero-order valence-electron chi connectivity index (χ0n) is 10.7. The highest BCUT2D eigenvalue weighted by Crippen LogP contribution is 2.07. The van der Waals surface area contributed by atoms with Crippen LogP contribution >= 0.6 is 0 Å². The number of hydrogen-bond acceptors (Lipinski definition) is 3. The van der Waals surface area contributed by atoms with E-state index in [-0.39, 0.29) is 17.5 Å². The molecular formula is C14H18N2O3. The molecule has 0 bridgehead atoms. The molecule has 5 heteroatoms. The van der Waals surface area contributed by atoms with Crippen LogP contribution in [0.2, 0.25) is 0 Å². The third kappa shape index (κ3) is 3.79. The number of amides is 1. The van der Waals surface area contributed by atoms with Crippen LogP contribution in [-0.4, -0.2) is 36.1 Å². The molecular weight excluding hydrogens is 244 g/mol. The highest BCUT2D eigenvalue weighted by atomic mass is 16.4. The van der Waals surface area contributed by atoms with E-state index in [4.69, 9.17) is 5.11 Å². The number of hydrogen-bond donors (Lipinski definition) is 3. The summed E-state index contributed by atoms with van der Waals surface area (Å²) < 4.78 is 0. The van der Waals surface area contributed by atoms with Crippen molar-refractivity contribution in [1.29, 1.82) is 0 Å². The van der Waals surface area contributed by atoms with Gasteiger partial charge in [0.05, 0.1) is 11.6 Å². The van der Waals surface area contributed by atoms with E-state index in [9.17, 15) is 9.59 Å². The number of aromatic carboxylic acids is 1. The van der Waals surface area contributed by atoms with Gasteiger partial charge in [0.2, 0.25) is 5.91 Å². The van der Waals surface area contributed by atoms with Gasteiger partial charge in [-0.2, -0.15) is 0 Å². The molecule has 1 aliphatic heterocycles. The standard InChI is InChI=1S/C14H18N2O3/c17-13(12-5-2-7-15-12)16-8-6-10-3-1-4-11(9-10)14(18)19/h1,3-4,9,12,15H,2,5-8H2,(H,16,17)(H,18,19)/t12-/m1/s1. The van der Waals surface area contributed by atoms with E-state index < -0.39 is 5.97 Å². The number of rotatable bonds is 5. The van der Waals surface area contributed by atoms with Gasteiger partial charge >= 0.3 is 5.97 Å². The van der Waals surface area contributed by atoms with Gasteiger partial charge in [0.15, 0.2) is 0 Å². The highest BCUT2D eigenvalue weighted by molar-refractivity contribution is 5.87. The number of benzene rings is 1. The minimum absolute atomic E-state index is 0.0342. The Hall–Kier alpha value is -1.88. The predicted molar refractivity (Wildman–Crippen MR) is 71.1 cm³/mol. The first-order chi connectivity index (χ1) is 9.16. The van der Waals surface area contributed by atoms with Crippen molar-refractivity contribution < 1.29 is 14.7 Å². The normalized spacial score (nSPS) is 18.2. The maximum atomic E-state index is 11.7. The zero-order chi connectivity index (χ0) is 13.7. The zero-order valence-corrected chi connectivity index (χ0v) is 10.7. The fourth-order valence-electron chi connectivity index (χ4n) is 2.22. The lowest BCUT2D eigenvalue weighted by Gasteiger charge is -2.11. The fourth-order valence-corrected chi connectivity index (χ4v) is 2.22. The van der Waals surface area contributed by atoms with Crippen LogP contribution in [0.15, 0.2) is 24.3 Å². The lowest BCUT2D eigenvalue weighted by molar-refractivity contribution is -0.122. The Morgan fingerprint density at radius 3 is 2.95 bits per heavy atom. The SMILES string of the molecule is O=C(O)c1cccc(CCNC(=O)[C@H]2CCCN2)c1. The molecule has 1 amide bonds. The molecule has 1 aromatic rings. The molecule has 5 nitrogen and oxygen atoms in total. The molecule has 2 rings (SSSR count). The summed E-state index contributed by atoms with van der Waals surface area (Å²) in [6, 6.07) is 6.73. The van der Waals surface area contributed by atoms with E-state index in [2.05, 4.69) is 10.6 Å². The first-order valence-corrected chi connectivity index (χ1v) is 6.50. The molecule has 102 valence electrons. The lowest BCUT2D eigenvalue weighted by Crippen LogP contribution is -2.41. The molecule has 1 fully saturated rings. The molecule has 3 N–H and O–H groups in total. The van der Waals surface area contributed by atoms with Gasteiger partial charge in [-0.25, -0.2) is 4.79 Å². The maximum absolute atomic E-state index is 11.7. The Kier molecular flexibility index (Phi) is 4.52. The minimum atomic E-state index is -0.930. The van der Waals surface area contributed by atoms with E-state index >= 15 is 0 Å². The average Bonchev–Trinajstić information content (AvgIpc) is 2.93. The van der Waals surface area contributed by atoms with Crippen LogP contribution in [0.4, 0.5) is 0 Å². The Morgan fingerprint density at radius 1 is 1.42 bits per heavy atom. The van der Waals surface area contributed by atoms with E-state index in [1.165, 1.54) is 0 Å². The molecule has 0 saturated carbocycles. The molecule has 0 radical (unpaired) electrons. The van der Waals surface area contributed by atoms with Crippen LogP contribution in [0.3, 0.4) is 0 Å². The molecule has 1 atom stereocenters. The van der Waals surface area contributed by atoms with Gasteiger partial charge in [-0.15, -0.1) is 0 Å². The van der Waals surface area contributed by atoms with E-state index in [0.717, 1.165) is 24.9 Å². The Balaban J connectivity index is 1.80. The number of carbonyl (C=O) groups is 2. The summed E-state index contributed by atoms with van der Waals surface area (Å²) in [4.78, 5) is 22.6. The van der Waals surface area contributed by atoms with Crippen molar-refractivity contribution in [2.24, 2.45) is 0 Å². The predicted octanol–water partition coefficient (Wildman–Crippen LogP) is 0.795. The summed E-state index contributed by atoms with van der Waals surface area (Å²) in [5.41, 5.74) is 1.20.